The van der Waals surface area contributed by atoms with Crippen molar-refractivity contribution in [3.63, 3.8) is 0 Å². The molecule has 0 aromatic heterocycles. The van der Waals surface area contributed by atoms with Crippen LogP contribution in [0.4, 0.5) is 4.79 Å². The molecular formula is C10H15NO5. The predicted molar refractivity (Wildman–Crippen MR) is 53.2 cm³/mol. The SMILES string of the molecule is O=C(O)N[C@H](C(=O)O)[C@H]1CCOC2(CC2)C1. The Balaban J connectivity index is 2.01. The number of carboxylic acids is 1. The highest BCUT2D eigenvalue weighted by atomic mass is 16.5. The van der Waals surface area contributed by atoms with Crippen LogP contribution in [0, 0.1) is 5.92 Å². The molecule has 2 atom stereocenters. The quantitative estimate of drug-likeness (QED) is 0.661. The van der Waals surface area contributed by atoms with Gasteiger partial charge in [0.25, 0.3) is 0 Å². The fourth-order valence-corrected chi connectivity index (χ4v) is 2.35. The Morgan fingerprint density at radius 1 is 1.38 bits per heavy atom. The number of rotatable bonds is 3. The van der Waals surface area contributed by atoms with Gasteiger partial charge < -0.3 is 20.3 Å². The number of hydrogen-bond acceptors (Lipinski definition) is 3. The van der Waals surface area contributed by atoms with Gasteiger partial charge in [-0.05, 0) is 31.6 Å². The van der Waals surface area contributed by atoms with Gasteiger partial charge in [-0.15, -0.1) is 0 Å². The van der Waals surface area contributed by atoms with E-state index >= 15 is 0 Å². The van der Waals surface area contributed by atoms with Crippen LogP contribution in [0.5, 0.6) is 0 Å². The summed E-state index contributed by atoms with van der Waals surface area (Å²) in [5.41, 5.74) is -0.142. The fraction of sp³-hybridized carbons (Fsp3) is 0.800. The zero-order valence-electron chi connectivity index (χ0n) is 8.81. The highest BCUT2D eigenvalue weighted by molar-refractivity contribution is 5.79. The average molecular weight is 229 g/mol. The van der Waals surface area contributed by atoms with E-state index in [1.54, 1.807) is 0 Å². The third-order valence-electron chi connectivity index (χ3n) is 3.36. The highest BCUT2D eigenvalue weighted by Gasteiger charge is 2.50. The monoisotopic (exact) mass is 229 g/mol. The van der Waals surface area contributed by atoms with Gasteiger partial charge in [-0.3, -0.25) is 0 Å². The van der Waals surface area contributed by atoms with Crippen molar-refractivity contribution in [2.24, 2.45) is 5.92 Å². The van der Waals surface area contributed by atoms with Crippen molar-refractivity contribution < 1.29 is 24.5 Å². The van der Waals surface area contributed by atoms with E-state index < -0.39 is 18.1 Å². The number of amides is 1. The van der Waals surface area contributed by atoms with Crippen LogP contribution in [-0.4, -0.2) is 40.5 Å². The van der Waals surface area contributed by atoms with Crippen molar-refractivity contribution in [1.82, 2.24) is 5.32 Å². The molecule has 0 aromatic carbocycles. The van der Waals surface area contributed by atoms with Crippen molar-refractivity contribution in [1.29, 1.82) is 0 Å². The minimum absolute atomic E-state index is 0.142. The van der Waals surface area contributed by atoms with Gasteiger partial charge in [0.2, 0.25) is 0 Å². The van der Waals surface area contributed by atoms with Crippen molar-refractivity contribution in [2.45, 2.75) is 37.3 Å². The van der Waals surface area contributed by atoms with Crippen molar-refractivity contribution in [3.8, 4) is 0 Å². The second-order valence-corrected chi connectivity index (χ2v) is 4.55. The maximum atomic E-state index is 11.0. The summed E-state index contributed by atoms with van der Waals surface area (Å²) in [6.07, 6.45) is 1.87. The summed E-state index contributed by atoms with van der Waals surface area (Å²) in [7, 11) is 0. The predicted octanol–water partition coefficient (Wildman–Crippen LogP) is 0.666. The van der Waals surface area contributed by atoms with Crippen molar-refractivity contribution in [3.05, 3.63) is 0 Å². The molecule has 3 N–H and O–H groups in total. The Morgan fingerprint density at radius 3 is 2.56 bits per heavy atom. The molecule has 6 heteroatoms. The molecule has 1 amide bonds. The topological polar surface area (TPSA) is 95.9 Å². The zero-order valence-corrected chi connectivity index (χ0v) is 8.81. The molecular weight excluding hydrogens is 214 g/mol. The second kappa shape index (κ2) is 3.93. The van der Waals surface area contributed by atoms with Gasteiger partial charge in [-0.25, -0.2) is 9.59 Å². The summed E-state index contributed by atoms with van der Waals surface area (Å²) in [6, 6.07) is -1.01. The van der Waals surface area contributed by atoms with E-state index in [0.29, 0.717) is 19.4 Å². The molecule has 0 bridgehead atoms. The molecule has 1 spiro atoms. The largest absolute Gasteiger partial charge is 0.480 e. The van der Waals surface area contributed by atoms with E-state index in [1.165, 1.54) is 0 Å². The lowest BCUT2D eigenvalue weighted by Gasteiger charge is -2.32. The molecule has 1 aliphatic heterocycles. The van der Waals surface area contributed by atoms with Gasteiger partial charge in [-0.1, -0.05) is 0 Å². The highest BCUT2D eigenvalue weighted by Crippen LogP contribution is 2.48. The van der Waals surface area contributed by atoms with Crippen LogP contribution in [0.15, 0.2) is 0 Å². The van der Waals surface area contributed by atoms with E-state index in [4.69, 9.17) is 14.9 Å². The first-order valence-corrected chi connectivity index (χ1v) is 5.39. The van der Waals surface area contributed by atoms with Gasteiger partial charge in [0.1, 0.15) is 6.04 Å². The molecule has 0 aromatic rings. The summed E-state index contributed by atoms with van der Waals surface area (Å²) in [5, 5.41) is 19.7. The van der Waals surface area contributed by atoms with Crippen LogP contribution in [0.25, 0.3) is 0 Å². The van der Waals surface area contributed by atoms with E-state index in [-0.39, 0.29) is 11.5 Å². The van der Waals surface area contributed by atoms with Gasteiger partial charge in [-0.2, -0.15) is 0 Å². The molecule has 2 fully saturated rings. The molecule has 1 saturated heterocycles. The number of carbonyl (C=O) groups is 2. The summed E-state index contributed by atoms with van der Waals surface area (Å²) < 4.78 is 5.57. The maximum absolute atomic E-state index is 11.0. The Kier molecular flexibility index (Phi) is 2.75. The van der Waals surface area contributed by atoms with Gasteiger partial charge in [0.15, 0.2) is 0 Å². The van der Waals surface area contributed by atoms with Crippen LogP contribution in [-0.2, 0) is 9.53 Å². The van der Waals surface area contributed by atoms with Crippen LogP contribution >= 0.6 is 0 Å². The Bertz CT molecular complexity index is 312. The summed E-state index contributed by atoms with van der Waals surface area (Å²) in [6.45, 7) is 0.524. The molecule has 0 radical (unpaired) electrons. The third kappa shape index (κ3) is 2.27. The van der Waals surface area contributed by atoms with E-state index in [9.17, 15) is 9.59 Å². The van der Waals surface area contributed by atoms with Gasteiger partial charge >= 0.3 is 12.1 Å². The first-order chi connectivity index (χ1) is 7.52. The number of nitrogens with one attached hydrogen (secondary N) is 1. The first-order valence-electron chi connectivity index (χ1n) is 5.39. The van der Waals surface area contributed by atoms with Crippen LogP contribution in [0.3, 0.4) is 0 Å². The number of ether oxygens (including phenoxy) is 1. The molecule has 0 unspecified atom stereocenters. The molecule has 1 aliphatic carbocycles. The Morgan fingerprint density at radius 2 is 2.06 bits per heavy atom. The van der Waals surface area contributed by atoms with E-state index in [2.05, 4.69) is 5.32 Å². The fourth-order valence-electron chi connectivity index (χ4n) is 2.35. The Hall–Kier alpha value is -1.30. The summed E-state index contributed by atoms with van der Waals surface area (Å²) in [4.78, 5) is 21.5. The third-order valence-corrected chi connectivity index (χ3v) is 3.36. The lowest BCUT2D eigenvalue weighted by atomic mass is 9.87. The van der Waals surface area contributed by atoms with Crippen molar-refractivity contribution in [2.75, 3.05) is 6.61 Å². The van der Waals surface area contributed by atoms with E-state index in [0.717, 1.165) is 12.8 Å². The molecule has 90 valence electrons. The lowest BCUT2D eigenvalue weighted by Crippen LogP contribution is -2.48. The minimum atomic E-state index is -1.29. The lowest BCUT2D eigenvalue weighted by molar-refractivity contribution is -0.142. The molecule has 16 heavy (non-hydrogen) atoms. The summed E-state index contributed by atoms with van der Waals surface area (Å²) in [5.74, 6) is -1.27. The Labute approximate surface area is 92.6 Å². The molecule has 6 nitrogen and oxygen atoms in total. The maximum Gasteiger partial charge on any atom is 0.405 e. The van der Waals surface area contributed by atoms with Gasteiger partial charge in [0.05, 0.1) is 5.60 Å². The molecule has 2 aliphatic rings. The van der Waals surface area contributed by atoms with Crippen LogP contribution in [0.2, 0.25) is 0 Å². The first kappa shape index (κ1) is 11.2. The number of aliphatic carboxylic acids is 1. The standard InChI is InChI=1S/C10H15NO5/c12-8(13)7(11-9(14)15)6-1-4-16-10(5-6)2-3-10/h6-7,11H,1-5H2,(H,12,13)(H,14,15)/t6-,7-/m0/s1. The normalized spacial score (nSPS) is 28.4. The number of hydrogen-bond donors (Lipinski definition) is 3. The molecule has 2 rings (SSSR count). The van der Waals surface area contributed by atoms with E-state index in [1.807, 2.05) is 0 Å². The molecule has 1 saturated carbocycles. The minimum Gasteiger partial charge on any atom is -0.480 e. The molecule has 1 heterocycles. The average Bonchev–Trinajstić information content (AvgIpc) is 2.93. The second-order valence-electron chi connectivity index (χ2n) is 4.55. The van der Waals surface area contributed by atoms with Crippen molar-refractivity contribution >= 4 is 12.1 Å². The zero-order chi connectivity index (χ0) is 11.8. The smallest absolute Gasteiger partial charge is 0.405 e. The van der Waals surface area contributed by atoms with Gasteiger partial charge in [0, 0.05) is 6.61 Å². The van der Waals surface area contributed by atoms with Crippen LogP contribution in [0.1, 0.15) is 25.7 Å². The van der Waals surface area contributed by atoms with Crippen LogP contribution < -0.4 is 5.32 Å². The summed E-state index contributed by atoms with van der Waals surface area (Å²) >= 11 is 0. The number of carboxylic acid groups (broad SMARTS) is 2.